The van der Waals surface area contributed by atoms with E-state index in [1.165, 1.54) is 23.3 Å². The molecule has 0 unspecified atom stereocenters. The molecule has 27 heavy (non-hydrogen) atoms. The minimum atomic E-state index is 0.312. The number of piperidine rings is 1. The summed E-state index contributed by atoms with van der Waals surface area (Å²) in [5.41, 5.74) is 2.45. The van der Waals surface area contributed by atoms with Crippen molar-refractivity contribution in [3.63, 3.8) is 0 Å². The van der Waals surface area contributed by atoms with Crippen LogP contribution >= 0.6 is 11.8 Å². The van der Waals surface area contributed by atoms with E-state index in [4.69, 9.17) is 9.84 Å². The van der Waals surface area contributed by atoms with Crippen LogP contribution in [-0.4, -0.2) is 53.5 Å². The Morgan fingerprint density at radius 2 is 2.04 bits per heavy atom. The zero-order chi connectivity index (χ0) is 18.6. The van der Waals surface area contributed by atoms with Gasteiger partial charge in [0, 0.05) is 37.6 Å². The van der Waals surface area contributed by atoms with Crippen molar-refractivity contribution in [3.8, 4) is 0 Å². The van der Waals surface area contributed by atoms with Gasteiger partial charge in [-0.1, -0.05) is 17.8 Å². The van der Waals surface area contributed by atoms with E-state index in [0.29, 0.717) is 19.3 Å². The molecule has 1 N–H and O–H groups in total. The minimum absolute atomic E-state index is 0.312. The Kier molecular flexibility index (Phi) is 5.92. The van der Waals surface area contributed by atoms with Gasteiger partial charge in [0.15, 0.2) is 5.82 Å². The van der Waals surface area contributed by atoms with Crippen LogP contribution in [0.5, 0.6) is 0 Å². The maximum Gasteiger partial charge on any atom is 0.168 e. The highest BCUT2D eigenvalue weighted by atomic mass is 32.2. The number of hydrogen-bond acceptors (Lipinski definition) is 7. The lowest BCUT2D eigenvalue weighted by Gasteiger charge is -2.33. The molecule has 1 fully saturated rings. The highest BCUT2D eigenvalue weighted by molar-refractivity contribution is 7.99. The van der Waals surface area contributed by atoms with Crippen LogP contribution in [0.25, 0.3) is 0 Å². The number of anilines is 2. The standard InChI is InChI=1S/C20H26N4O2S/c1-26-14-24-17-12-16(13-23-9-4-15(5-10-23)6-11-25)2-3-18(17)27-20-19(24)21-7-8-22-20/h2-3,7-8,12,15,25H,4-6,9-11,13-14H2,1H3. The summed E-state index contributed by atoms with van der Waals surface area (Å²) in [4.78, 5) is 14.8. The molecular weight excluding hydrogens is 360 g/mol. The number of rotatable bonds is 6. The average Bonchev–Trinajstić information content (AvgIpc) is 2.70. The first-order valence-corrected chi connectivity index (χ1v) is 10.3. The number of aliphatic hydroxyl groups is 1. The quantitative estimate of drug-likeness (QED) is 0.817. The molecule has 1 aromatic carbocycles. The number of hydrogen-bond donors (Lipinski definition) is 1. The van der Waals surface area contributed by atoms with Crippen molar-refractivity contribution in [1.29, 1.82) is 0 Å². The zero-order valence-electron chi connectivity index (χ0n) is 15.7. The number of methoxy groups -OCH3 is 1. The van der Waals surface area contributed by atoms with Crippen molar-refractivity contribution in [2.45, 2.75) is 35.7 Å². The number of ether oxygens (including phenoxy) is 1. The predicted molar refractivity (Wildman–Crippen MR) is 106 cm³/mol. The third-order valence-electron chi connectivity index (χ3n) is 5.33. The molecule has 7 heteroatoms. The number of fused-ring (bicyclic) bond motifs is 2. The van der Waals surface area contributed by atoms with Gasteiger partial charge in [-0.05, 0) is 56.0 Å². The second-order valence-electron chi connectivity index (χ2n) is 7.17. The van der Waals surface area contributed by atoms with E-state index in [0.717, 1.165) is 42.6 Å². The fraction of sp³-hybridized carbons (Fsp3) is 0.500. The monoisotopic (exact) mass is 386 g/mol. The van der Waals surface area contributed by atoms with Gasteiger partial charge in [0.25, 0.3) is 0 Å². The van der Waals surface area contributed by atoms with Gasteiger partial charge in [0.05, 0.1) is 5.69 Å². The Hall–Kier alpha value is -1.67. The van der Waals surface area contributed by atoms with E-state index < -0.39 is 0 Å². The van der Waals surface area contributed by atoms with Gasteiger partial charge in [0.1, 0.15) is 11.8 Å². The topological polar surface area (TPSA) is 61.7 Å². The molecule has 6 nitrogen and oxygen atoms in total. The van der Waals surface area contributed by atoms with E-state index in [2.05, 4.69) is 38.0 Å². The molecule has 0 aliphatic carbocycles. The van der Waals surface area contributed by atoms with Crippen LogP contribution in [0, 0.1) is 5.92 Å². The molecule has 2 aliphatic heterocycles. The van der Waals surface area contributed by atoms with Gasteiger partial charge >= 0.3 is 0 Å². The Bertz CT molecular complexity index is 780. The summed E-state index contributed by atoms with van der Waals surface area (Å²) in [6, 6.07) is 6.67. The van der Waals surface area contributed by atoms with E-state index in [1.54, 1.807) is 31.3 Å². The molecule has 2 aromatic rings. The molecule has 0 amide bonds. The molecular formula is C20H26N4O2S. The van der Waals surface area contributed by atoms with Gasteiger partial charge in [0.2, 0.25) is 0 Å². The molecule has 1 aromatic heterocycles. The number of likely N-dealkylation sites (tertiary alicyclic amines) is 1. The number of aliphatic hydroxyl groups excluding tert-OH is 1. The highest BCUT2D eigenvalue weighted by Gasteiger charge is 2.26. The molecule has 0 spiro atoms. The van der Waals surface area contributed by atoms with Crippen LogP contribution in [-0.2, 0) is 11.3 Å². The number of nitrogens with zero attached hydrogens (tertiary/aromatic N) is 4. The van der Waals surface area contributed by atoms with Gasteiger partial charge in [-0.15, -0.1) is 0 Å². The van der Waals surface area contributed by atoms with Gasteiger partial charge < -0.3 is 9.84 Å². The first-order chi connectivity index (χ1) is 13.3. The maximum absolute atomic E-state index is 9.13. The Morgan fingerprint density at radius 3 is 2.81 bits per heavy atom. The third-order valence-corrected chi connectivity index (χ3v) is 6.38. The lowest BCUT2D eigenvalue weighted by atomic mass is 9.94. The van der Waals surface area contributed by atoms with Crippen molar-refractivity contribution in [3.05, 3.63) is 36.2 Å². The molecule has 0 bridgehead atoms. The van der Waals surface area contributed by atoms with Crippen molar-refractivity contribution in [2.24, 2.45) is 5.92 Å². The molecule has 2 aliphatic rings. The lowest BCUT2D eigenvalue weighted by Crippen LogP contribution is -2.33. The maximum atomic E-state index is 9.13. The van der Waals surface area contributed by atoms with Crippen molar-refractivity contribution >= 4 is 23.3 Å². The van der Waals surface area contributed by atoms with Crippen LogP contribution in [0.15, 0.2) is 40.5 Å². The van der Waals surface area contributed by atoms with E-state index in [-0.39, 0.29) is 0 Å². The zero-order valence-corrected chi connectivity index (χ0v) is 16.5. The van der Waals surface area contributed by atoms with E-state index in [9.17, 15) is 0 Å². The fourth-order valence-corrected chi connectivity index (χ4v) is 4.87. The second kappa shape index (κ2) is 8.56. The van der Waals surface area contributed by atoms with Gasteiger partial charge in [-0.25, -0.2) is 9.97 Å². The summed E-state index contributed by atoms with van der Waals surface area (Å²) in [5, 5.41) is 10.0. The lowest BCUT2D eigenvalue weighted by molar-refractivity contribution is 0.153. The normalized spacial score (nSPS) is 17.6. The predicted octanol–water partition coefficient (Wildman–Crippen LogP) is 3.28. The molecule has 4 rings (SSSR count). The summed E-state index contributed by atoms with van der Waals surface area (Å²) in [6.45, 7) is 3.93. The van der Waals surface area contributed by atoms with Gasteiger partial charge in [-0.3, -0.25) is 9.80 Å². The SMILES string of the molecule is COCN1c2cc(CN3CCC(CCO)CC3)ccc2Sc2nccnc21. The Morgan fingerprint density at radius 1 is 1.22 bits per heavy atom. The van der Waals surface area contributed by atoms with Gasteiger partial charge in [-0.2, -0.15) is 0 Å². The van der Waals surface area contributed by atoms with Crippen LogP contribution in [0.1, 0.15) is 24.8 Å². The first kappa shape index (κ1) is 18.7. The van der Waals surface area contributed by atoms with E-state index in [1.807, 2.05) is 0 Å². The summed E-state index contributed by atoms with van der Waals surface area (Å²) >= 11 is 1.66. The van der Waals surface area contributed by atoms with Crippen molar-refractivity contribution in [1.82, 2.24) is 14.9 Å². The average molecular weight is 387 g/mol. The number of aromatic nitrogens is 2. The molecule has 0 saturated carbocycles. The van der Waals surface area contributed by atoms with E-state index >= 15 is 0 Å². The fourth-order valence-electron chi connectivity index (χ4n) is 3.89. The highest BCUT2D eigenvalue weighted by Crippen LogP contribution is 2.46. The smallest absolute Gasteiger partial charge is 0.168 e. The molecule has 144 valence electrons. The largest absolute Gasteiger partial charge is 0.396 e. The van der Waals surface area contributed by atoms with Crippen LogP contribution in [0.3, 0.4) is 0 Å². The summed E-state index contributed by atoms with van der Waals surface area (Å²) in [7, 11) is 1.71. The summed E-state index contributed by atoms with van der Waals surface area (Å²) < 4.78 is 5.44. The first-order valence-electron chi connectivity index (χ1n) is 9.50. The summed E-state index contributed by atoms with van der Waals surface area (Å²) in [6.07, 6.45) is 6.76. The Balaban J connectivity index is 1.51. The molecule has 0 atom stereocenters. The minimum Gasteiger partial charge on any atom is -0.396 e. The van der Waals surface area contributed by atoms with Crippen LogP contribution < -0.4 is 4.90 Å². The van der Waals surface area contributed by atoms with Crippen LogP contribution in [0.2, 0.25) is 0 Å². The van der Waals surface area contributed by atoms with Crippen molar-refractivity contribution in [2.75, 3.05) is 38.4 Å². The second-order valence-corrected chi connectivity index (χ2v) is 8.20. The molecule has 1 saturated heterocycles. The molecule has 0 radical (unpaired) electrons. The third kappa shape index (κ3) is 4.11. The number of benzene rings is 1. The van der Waals surface area contributed by atoms with Crippen LogP contribution in [0.4, 0.5) is 11.5 Å². The molecule has 3 heterocycles. The Labute approximate surface area is 164 Å². The summed E-state index contributed by atoms with van der Waals surface area (Å²) in [5.74, 6) is 1.54. The van der Waals surface area contributed by atoms with Crippen molar-refractivity contribution < 1.29 is 9.84 Å².